The summed E-state index contributed by atoms with van der Waals surface area (Å²) < 4.78 is 33.3. The predicted octanol–water partition coefficient (Wildman–Crippen LogP) is -0.437. The van der Waals surface area contributed by atoms with E-state index < -0.39 is 10.2 Å². The van der Waals surface area contributed by atoms with Crippen LogP contribution in [0.4, 0.5) is 0 Å². The van der Waals surface area contributed by atoms with E-state index in [1.807, 2.05) is 6.92 Å². The lowest BCUT2D eigenvalue weighted by atomic mass is 10.2. The Morgan fingerprint density at radius 1 is 1.30 bits per heavy atom. The molecule has 0 unspecified atom stereocenters. The third-order valence-electron chi connectivity index (χ3n) is 3.38. The Morgan fingerprint density at radius 3 is 2.40 bits per heavy atom. The van der Waals surface area contributed by atoms with Crippen LogP contribution in [0, 0.1) is 6.92 Å². The molecular weight excluding hydrogens is 282 g/mol. The number of hydrogen-bond acceptors (Lipinski definition) is 4. The topological polar surface area (TPSA) is 71.8 Å². The molecule has 1 aromatic rings. The van der Waals surface area contributed by atoms with Crippen LogP contribution in [-0.4, -0.2) is 54.9 Å². The molecule has 0 aliphatic carbocycles. The Bertz CT molecular complexity index is 660. The van der Waals surface area contributed by atoms with Crippen molar-refractivity contribution in [3.8, 4) is 5.75 Å². The summed E-state index contributed by atoms with van der Waals surface area (Å²) in [7, 11) is 1.31. The summed E-state index contributed by atoms with van der Waals surface area (Å²) in [5.41, 5.74) is 0.654. The van der Waals surface area contributed by atoms with Crippen LogP contribution in [0.15, 0.2) is 16.9 Å². The first-order valence-corrected chi connectivity index (χ1v) is 7.63. The zero-order valence-corrected chi connectivity index (χ0v) is 12.8. The molecule has 0 spiro atoms. The minimum Gasteiger partial charge on any atom is -0.487 e. The zero-order valence-electron chi connectivity index (χ0n) is 12.0. The van der Waals surface area contributed by atoms with E-state index >= 15 is 0 Å². The molecule has 1 aliphatic rings. The lowest BCUT2D eigenvalue weighted by molar-refractivity contribution is 0.0724. The molecule has 2 rings (SSSR count). The van der Waals surface area contributed by atoms with Gasteiger partial charge in [-0.25, -0.2) is 0 Å². The highest BCUT2D eigenvalue weighted by molar-refractivity contribution is 7.86. The fraction of sp³-hybridized carbons (Fsp3) is 0.583. The van der Waals surface area contributed by atoms with Crippen LogP contribution in [-0.2, 0) is 17.3 Å². The molecule has 8 heteroatoms. The molecule has 0 saturated carbocycles. The van der Waals surface area contributed by atoms with Gasteiger partial charge in [0.2, 0.25) is 0 Å². The minimum atomic E-state index is -3.37. The minimum absolute atomic E-state index is 0.142. The normalized spacial score (nSPS) is 17.2. The largest absolute Gasteiger partial charge is 0.487 e. The van der Waals surface area contributed by atoms with Gasteiger partial charge < -0.3 is 9.30 Å². The zero-order chi connectivity index (χ0) is 15.1. The first-order valence-electron chi connectivity index (χ1n) is 6.23. The Balaban J connectivity index is 2.01. The van der Waals surface area contributed by atoms with Crippen molar-refractivity contribution in [2.45, 2.75) is 13.0 Å². The average Bonchev–Trinajstić information content (AvgIpc) is 2.29. The molecule has 0 radical (unpaired) electrons. The van der Waals surface area contributed by atoms with E-state index in [2.05, 4.69) is 0 Å². The number of aryl methyl sites for hydroxylation is 1. The maximum absolute atomic E-state index is 11.8. The molecule has 112 valence electrons. The van der Waals surface area contributed by atoms with Gasteiger partial charge in [-0.3, -0.25) is 4.79 Å². The third-order valence-corrected chi connectivity index (χ3v) is 5.26. The second-order valence-electron chi connectivity index (χ2n) is 5.08. The van der Waals surface area contributed by atoms with Gasteiger partial charge in [-0.15, -0.1) is 0 Å². The van der Waals surface area contributed by atoms with Crippen LogP contribution < -0.4 is 10.3 Å². The van der Waals surface area contributed by atoms with E-state index in [0.29, 0.717) is 18.8 Å². The molecule has 1 fully saturated rings. The van der Waals surface area contributed by atoms with Crippen molar-refractivity contribution in [3.05, 3.63) is 28.2 Å². The Hall–Kier alpha value is -1.38. The van der Waals surface area contributed by atoms with E-state index in [4.69, 9.17) is 4.74 Å². The number of nitrogens with zero attached hydrogens (tertiary/aromatic N) is 3. The maximum Gasteiger partial charge on any atom is 0.281 e. The summed E-state index contributed by atoms with van der Waals surface area (Å²) in [5.74, 6) is 0.484. The van der Waals surface area contributed by atoms with Crippen LogP contribution in [0.3, 0.4) is 0 Å². The summed E-state index contributed by atoms with van der Waals surface area (Å²) in [6.45, 7) is 2.42. The first-order chi connectivity index (χ1) is 9.21. The van der Waals surface area contributed by atoms with Crippen molar-refractivity contribution in [2.24, 2.45) is 7.05 Å². The quantitative estimate of drug-likeness (QED) is 0.756. The van der Waals surface area contributed by atoms with Gasteiger partial charge in [0.15, 0.2) is 0 Å². The average molecular weight is 301 g/mol. The number of rotatable bonds is 4. The summed E-state index contributed by atoms with van der Waals surface area (Å²) >= 11 is 0. The predicted molar refractivity (Wildman–Crippen MR) is 75.0 cm³/mol. The van der Waals surface area contributed by atoms with Crippen LogP contribution >= 0.6 is 0 Å². The van der Waals surface area contributed by atoms with Crippen molar-refractivity contribution in [3.63, 3.8) is 0 Å². The fourth-order valence-electron chi connectivity index (χ4n) is 1.89. The van der Waals surface area contributed by atoms with Gasteiger partial charge in [0.05, 0.1) is 13.1 Å². The van der Waals surface area contributed by atoms with E-state index in [-0.39, 0.29) is 11.7 Å². The number of aromatic nitrogens is 1. The highest BCUT2D eigenvalue weighted by Gasteiger charge is 2.38. The van der Waals surface area contributed by atoms with Gasteiger partial charge >= 0.3 is 0 Å². The molecule has 1 aliphatic heterocycles. The Morgan fingerprint density at radius 2 is 1.90 bits per heavy atom. The lowest BCUT2D eigenvalue weighted by Gasteiger charge is -2.38. The van der Waals surface area contributed by atoms with Gasteiger partial charge in [-0.05, 0) is 13.0 Å². The van der Waals surface area contributed by atoms with Gasteiger partial charge in [0, 0.05) is 32.9 Å². The van der Waals surface area contributed by atoms with Crippen molar-refractivity contribution < 1.29 is 13.2 Å². The maximum atomic E-state index is 11.8. The van der Waals surface area contributed by atoms with Crippen LogP contribution in [0.5, 0.6) is 5.75 Å². The summed E-state index contributed by atoms with van der Waals surface area (Å²) in [4.78, 5) is 11.6. The second kappa shape index (κ2) is 5.19. The van der Waals surface area contributed by atoms with E-state index in [1.165, 1.54) is 33.3 Å². The van der Waals surface area contributed by atoms with Crippen molar-refractivity contribution >= 4 is 10.2 Å². The van der Waals surface area contributed by atoms with Gasteiger partial charge in [0.25, 0.3) is 15.8 Å². The van der Waals surface area contributed by atoms with Crippen LogP contribution in [0.25, 0.3) is 0 Å². The highest BCUT2D eigenvalue weighted by atomic mass is 32.2. The molecule has 0 atom stereocenters. The third kappa shape index (κ3) is 2.72. The van der Waals surface area contributed by atoms with E-state index in [1.54, 1.807) is 13.1 Å². The molecule has 20 heavy (non-hydrogen) atoms. The number of ether oxygens (including phenoxy) is 1. The summed E-state index contributed by atoms with van der Waals surface area (Å²) in [6.07, 6.45) is -0.212. The van der Waals surface area contributed by atoms with Gasteiger partial charge in [-0.1, -0.05) is 0 Å². The highest BCUT2D eigenvalue weighted by Crippen LogP contribution is 2.21. The molecule has 0 bridgehead atoms. The van der Waals surface area contributed by atoms with Crippen molar-refractivity contribution in [1.29, 1.82) is 0 Å². The molecule has 0 N–H and O–H groups in total. The lowest BCUT2D eigenvalue weighted by Crippen LogP contribution is -2.58. The second-order valence-corrected chi connectivity index (χ2v) is 7.22. The molecule has 1 saturated heterocycles. The van der Waals surface area contributed by atoms with Crippen LogP contribution in [0.1, 0.15) is 5.69 Å². The molecule has 0 aromatic carbocycles. The first kappa shape index (κ1) is 15.0. The summed E-state index contributed by atoms with van der Waals surface area (Å²) in [6, 6.07) is 3.18. The monoisotopic (exact) mass is 301 g/mol. The standard InChI is InChI=1S/C12H19N3O4S/c1-9-5-10(6-12(16)14(9)4)19-11-7-15(8-11)20(17,18)13(2)3/h5-6,11H,7-8H2,1-4H3. The van der Waals surface area contributed by atoms with E-state index in [0.717, 1.165) is 5.69 Å². The van der Waals surface area contributed by atoms with Crippen molar-refractivity contribution in [1.82, 2.24) is 13.2 Å². The number of pyridine rings is 1. The van der Waals surface area contributed by atoms with Crippen molar-refractivity contribution in [2.75, 3.05) is 27.2 Å². The summed E-state index contributed by atoms with van der Waals surface area (Å²) in [5, 5.41) is 0. The Labute approximate surface area is 118 Å². The molecule has 1 aromatic heterocycles. The van der Waals surface area contributed by atoms with Gasteiger partial charge in [0.1, 0.15) is 11.9 Å². The SMILES string of the molecule is Cc1cc(OC2CN(S(=O)(=O)N(C)C)C2)cc(=O)n1C. The molecule has 0 amide bonds. The Kier molecular flexibility index (Phi) is 3.90. The van der Waals surface area contributed by atoms with Gasteiger partial charge in [-0.2, -0.15) is 17.0 Å². The molecule has 2 heterocycles. The number of hydrogen-bond donors (Lipinski definition) is 0. The van der Waals surface area contributed by atoms with Crippen LogP contribution in [0.2, 0.25) is 0 Å². The fourth-order valence-corrected chi connectivity index (χ4v) is 3.06. The molecule has 7 nitrogen and oxygen atoms in total. The molecular formula is C12H19N3O4S. The smallest absolute Gasteiger partial charge is 0.281 e. The van der Waals surface area contributed by atoms with E-state index in [9.17, 15) is 13.2 Å².